The zero-order valence-electron chi connectivity index (χ0n) is 14.5. The molecule has 0 spiro atoms. The van der Waals surface area contributed by atoms with Crippen LogP contribution in [0.5, 0.6) is 0 Å². The highest BCUT2D eigenvalue weighted by molar-refractivity contribution is 5.91. The molecule has 0 aliphatic carbocycles. The molecule has 2 aromatic rings. The van der Waals surface area contributed by atoms with E-state index in [-0.39, 0.29) is 28.9 Å². The standard InChI is InChI=1S/C15H21N5O6/c1-6(2)12(24)18-15-17-11-8(13(25)19(15)3)16-5-20(11)14-10(23)9(22)7(4-21)26-14/h5-7,9-10,14,21-23H,4H2,1-3H3,(H,17,18,24)/t7-,9-,10-,14?/m1/s1. The van der Waals surface area contributed by atoms with Gasteiger partial charge >= 0.3 is 0 Å². The summed E-state index contributed by atoms with van der Waals surface area (Å²) < 4.78 is 7.91. The lowest BCUT2D eigenvalue weighted by molar-refractivity contribution is -0.119. The summed E-state index contributed by atoms with van der Waals surface area (Å²) in [6.45, 7) is 2.93. The number of nitrogens with zero attached hydrogens (tertiary/aromatic N) is 4. The van der Waals surface area contributed by atoms with Crippen LogP contribution >= 0.6 is 0 Å². The van der Waals surface area contributed by atoms with Crippen LogP contribution in [0.25, 0.3) is 11.2 Å². The van der Waals surface area contributed by atoms with Crippen molar-refractivity contribution in [1.82, 2.24) is 19.1 Å². The molecule has 0 radical (unpaired) electrons. The number of fused-ring (bicyclic) bond motifs is 1. The van der Waals surface area contributed by atoms with E-state index >= 15 is 0 Å². The molecule has 1 saturated heterocycles. The smallest absolute Gasteiger partial charge is 0.282 e. The van der Waals surface area contributed by atoms with E-state index in [0.717, 1.165) is 4.57 Å². The number of hydrogen-bond acceptors (Lipinski definition) is 8. The molecule has 3 heterocycles. The fraction of sp³-hybridized carbons (Fsp3) is 0.600. The van der Waals surface area contributed by atoms with Gasteiger partial charge in [0, 0.05) is 13.0 Å². The summed E-state index contributed by atoms with van der Waals surface area (Å²) in [7, 11) is 1.45. The minimum absolute atomic E-state index is 0.0211. The highest BCUT2D eigenvalue weighted by atomic mass is 16.6. The molecule has 4 atom stereocenters. The van der Waals surface area contributed by atoms with Gasteiger partial charge in [0.25, 0.3) is 5.56 Å². The number of anilines is 1. The average molecular weight is 367 g/mol. The number of carbonyl (C=O) groups excluding carboxylic acids is 1. The second-order valence-electron chi connectivity index (χ2n) is 6.50. The molecule has 0 saturated carbocycles. The van der Waals surface area contributed by atoms with Crippen molar-refractivity contribution in [2.45, 2.75) is 38.4 Å². The Morgan fingerprint density at radius 2 is 2.08 bits per heavy atom. The first kappa shape index (κ1) is 18.5. The van der Waals surface area contributed by atoms with E-state index in [1.807, 2.05) is 0 Å². The van der Waals surface area contributed by atoms with Crippen LogP contribution in [0.15, 0.2) is 11.1 Å². The van der Waals surface area contributed by atoms with Crippen molar-refractivity contribution in [2.24, 2.45) is 13.0 Å². The fourth-order valence-corrected chi connectivity index (χ4v) is 2.71. The number of ether oxygens (including phenoxy) is 1. The van der Waals surface area contributed by atoms with E-state index in [2.05, 4.69) is 15.3 Å². The van der Waals surface area contributed by atoms with Crippen molar-refractivity contribution < 1.29 is 24.9 Å². The lowest BCUT2D eigenvalue weighted by Gasteiger charge is -2.17. The summed E-state index contributed by atoms with van der Waals surface area (Å²) in [5.41, 5.74) is -0.380. The molecule has 1 aliphatic heterocycles. The Labute approximate surface area is 147 Å². The Morgan fingerprint density at radius 1 is 1.38 bits per heavy atom. The summed E-state index contributed by atoms with van der Waals surface area (Å²) in [6, 6.07) is 0. The average Bonchev–Trinajstić information content (AvgIpc) is 3.14. The van der Waals surface area contributed by atoms with Gasteiger partial charge in [-0.3, -0.25) is 24.0 Å². The maximum absolute atomic E-state index is 12.5. The van der Waals surface area contributed by atoms with Crippen LogP contribution in [0.4, 0.5) is 5.95 Å². The number of carbonyl (C=O) groups is 1. The number of aromatic nitrogens is 4. The highest BCUT2D eigenvalue weighted by Crippen LogP contribution is 2.31. The van der Waals surface area contributed by atoms with Crippen LogP contribution in [0.2, 0.25) is 0 Å². The Balaban J connectivity index is 2.07. The van der Waals surface area contributed by atoms with E-state index < -0.39 is 36.7 Å². The summed E-state index contributed by atoms with van der Waals surface area (Å²) >= 11 is 0. The maximum atomic E-state index is 12.5. The van der Waals surface area contributed by atoms with Gasteiger partial charge in [-0.15, -0.1) is 0 Å². The largest absolute Gasteiger partial charge is 0.394 e. The van der Waals surface area contributed by atoms with Crippen molar-refractivity contribution in [3.05, 3.63) is 16.7 Å². The number of amides is 1. The molecule has 3 rings (SSSR count). The lowest BCUT2D eigenvalue weighted by atomic mass is 10.1. The third-order valence-electron chi connectivity index (χ3n) is 4.36. The van der Waals surface area contributed by atoms with Gasteiger partial charge in [0.2, 0.25) is 11.9 Å². The lowest BCUT2D eigenvalue weighted by Crippen LogP contribution is -2.33. The zero-order chi connectivity index (χ0) is 19.2. The van der Waals surface area contributed by atoms with Crippen LogP contribution in [0.1, 0.15) is 20.1 Å². The predicted octanol–water partition coefficient (Wildman–Crippen LogP) is -1.66. The minimum atomic E-state index is -1.34. The molecule has 11 nitrogen and oxygen atoms in total. The Morgan fingerprint density at radius 3 is 2.65 bits per heavy atom. The predicted molar refractivity (Wildman–Crippen MR) is 89.2 cm³/mol. The SMILES string of the molecule is CC(C)C(=O)Nc1nc2c(ncn2C2O[C@H](CO)[C@@H](O)[C@H]2O)c(=O)n1C. The van der Waals surface area contributed by atoms with Gasteiger partial charge in [-0.05, 0) is 0 Å². The molecule has 2 aromatic heterocycles. The van der Waals surface area contributed by atoms with E-state index in [4.69, 9.17) is 4.74 Å². The van der Waals surface area contributed by atoms with Gasteiger partial charge in [-0.2, -0.15) is 4.98 Å². The molecule has 0 aromatic carbocycles. The van der Waals surface area contributed by atoms with Crippen LogP contribution in [-0.4, -0.2) is 65.2 Å². The van der Waals surface area contributed by atoms with E-state index in [0.29, 0.717) is 0 Å². The molecule has 11 heteroatoms. The summed E-state index contributed by atoms with van der Waals surface area (Å²) in [4.78, 5) is 32.7. The number of nitrogens with one attached hydrogen (secondary N) is 1. The topological polar surface area (TPSA) is 152 Å². The van der Waals surface area contributed by atoms with Gasteiger partial charge in [0.1, 0.15) is 18.3 Å². The number of imidazole rings is 1. The number of aliphatic hydroxyl groups is 3. The summed E-state index contributed by atoms with van der Waals surface area (Å²) in [5.74, 6) is -0.603. The van der Waals surface area contributed by atoms with Crippen molar-refractivity contribution in [2.75, 3.05) is 11.9 Å². The van der Waals surface area contributed by atoms with Gasteiger partial charge < -0.3 is 20.1 Å². The minimum Gasteiger partial charge on any atom is -0.394 e. The number of hydrogen-bond donors (Lipinski definition) is 4. The van der Waals surface area contributed by atoms with Crippen LogP contribution < -0.4 is 10.9 Å². The third-order valence-corrected chi connectivity index (χ3v) is 4.36. The molecule has 4 N–H and O–H groups in total. The van der Waals surface area contributed by atoms with E-state index in [1.165, 1.54) is 17.9 Å². The highest BCUT2D eigenvalue weighted by Gasteiger charge is 2.44. The Bertz CT molecular complexity index is 891. The third kappa shape index (κ3) is 2.88. The zero-order valence-corrected chi connectivity index (χ0v) is 14.5. The van der Waals surface area contributed by atoms with Crippen molar-refractivity contribution in [1.29, 1.82) is 0 Å². The molecule has 1 fully saturated rings. The number of rotatable bonds is 4. The Hall–Kier alpha value is -2.34. The molecule has 26 heavy (non-hydrogen) atoms. The van der Waals surface area contributed by atoms with Crippen molar-refractivity contribution >= 4 is 23.0 Å². The van der Waals surface area contributed by atoms with Crippen molar-refractivity contribution in [3.63, 3.8) is 0 Å². The fourth-order valence-electron chi connectivity index (χ4n) is 2.71. The van der Waals surface area contributed by atoms with Gasteiger partial charge in [-0.25, -0.2) is 4.98 Å². The second kappa shape index (κ2) is 6.76. The molecule has 0 bridgehead atoms. The molecular formula is C15H21N5O6. The molecule has 142 valence electrons. The van der Waals surface area contributed by atoms with E-state index in [9.17, 15) is 24.9 Å². The Kier molecular flexibility index (Phi) is 4.80. The van der Waals surface area contributed by atoms with Gasteiger partial charge in [0.15, 0.2) is 17.4 Å². The monoisotopic (exact) mass is 367 g/mol. The van der Waals surface area contributed by atoms with Crippen LogP contribution in [0.3, 0.4) is 0 Å². The van der Waals surface area contributed by atoms with Gasteiger partial charge in [0.05, 0.1) is 12.9 Å². The van der Waals surface area contributed by atoms with E-state index in [1.54, 1.807) is 13.8 Å². The molecule has 1 aliphatic rings. The van der Waals surface area contributed by atoms with Gasteiger partial charge in [-0.1, -0.05) is 13.8 Å². The first-order valence-electron chi connectivity index (χ1n) is 8.13. The maximum Gasteiger partial charge on any atom is 0.282 e. The van der Waals surface area contributed by atoms with Crippen molar-refractivity contribution in [3.8, 4) is 0 Å². The second-order valence-corrected chi connectivity index (χ2v) is 6.50. The first-order valence-corrected chi connectivity index (χ1v) is 8.13. The molecule has 1 unspecified atom stereocenters. The summed E-state index contributed by atoms with van der Waals surface area (Å²) in [6.07, 6.45) is -3.44. The normalized spacial score (nSPS) is 26.0. The number of aliphatic hydroxyl groups excluding tert-OH is 3. The molecule has 1 amide bonds. The summed E-state index contributed by atoms with van der Waals surface area (Å²) in [5, 5.41) is 31.9. The first-order chi connectivity index (χ1) is 12.3. The van der Waals surface area contributed by atoms with Crippen LogP contribution in [0, 0.1) is 5.92 Å². The molecular weight excluding hydrogens is 346 g/mol. The van der Waals surface area contributed by atoms with Crippen LogP contribution in [-0.2, 0) is 16.6 Å². The quantitative estimate of drug-likeness (QED) is 0.501.